The Kier molecular flexibility index (Phi) is 6.97. The second-order valence-corrected chi connectivity index (χ2v) is 7.76. The molecule has 1 N–H and O–H groups in total. The summed E-state index contributed by atoms with van der Waals surface area (Å²) < 4.78 is 27.6. The Hall–Kier alpha value is -2.85. The molecule has 2 aromatic rings. The van der Waals surface area contributed by atoms with Gasteiger partial charge in [0.1, 0.15) is 6.07 Å². The number of nitriles is 1. The zero-order chi connectivity index (χ0) is 19.9. The topological polar surface area (TPSA) is 90.3 Å². The molecule has 0 saturated heterocycles. The van der Waals surface area contributed by atoms with E-state index >= 15 is 0 Å². The van der Waals surface area contributed by atoms with Crippen LogP contribution in [0.25, 0.3) is 0 Å². The maximum atomic E-state index is 12.6. The number of hydrogen-bond donors (Lipinski definition) is 1. The molecule has 2 rings (SSSR count). The van der Waals surface area contributed by atoms with Crippen molar-refractivity contribution in [2.75, 3.05) is 17.8 Å². The molecule has 2 aromatic carbocycles. The Balaban J connectivity index is 2.23. The Morgan fingerprint density at radius 1 is 1.04 bits per heavy atom. The number of benzene rings is 2. The Labute approximate surface area is 160 Å². The number of anilines is 1. The van der Waals surface area contributed by atoms with E-state index in [9.17, 15) is 13.2 Å². The van der Waals surface area contributed by atoms with Crippen LogP contribution < -0.4 is 4.72 Å². The van der Waals surface area contributed by atoms with E-state index in [1.807, 2.05) is 19.9 Å². The van der Waals surface area contributed by atoms with E-state index in [2.05, 4.69) is 4.72 Å². The van der Waals surface area contributed by atoms with Gasteiger partial charge < -0.3 is 4.90 Å². The van der Waals surface area contributed by atoms with Crippen LogP contribution in [0.4, 0.5) is 5.69 Å². The highest BCUT2D eigenvalue weighted by atomic mass is 32.2. The lowest BCUT2D eigenvalue weighted by Gasteiger charge is -2.21. The first-order chi connectivity index (χ1) is 12.9. The van der Waals surface area contributed by atoms with Gasteiger partial charge in [-0.15, -0.1) is 0 Å². The summed E-state index contributed by atoms with van der Waals surface area (Å²) in [5.74, 6) is -0.106. The molecule has 0 heterocycles. The molecule has 0 aliphatic carbocycles. The zero-order valence-corrected chi connectivity index (χ0v) is 16.3. The highest BCUT2D eigenvalue weighted by Gasteiger charge is 2.18. The van der Waals surface area contributed by atoms with Gasteiger partial charge in [0, 0.05) is 18.7 Å². The van der Waals surface area contributed by atoms with E-state index in [4.69, 9.17) is 5.26 Å². The van der Waals surface area contributed by atoms with Gasteiger partial charge >= 0.3 is 0 Å². The van der Waals surface area contributed by atoms with Gasteiger partial charge in [-0.25, -0.2) is 8.42 Å². The van der Waals surface area contributed by atoms with Gasteiger partial charge in [-0.2, -0.15) is 5.26 Å². The average molecular weight is 385 g/mol. The maximum Gasteiger partial charge on any atom is 0.261 e. The van der Waals surface area contributed by atoms with Crippen LogP contribution in [0, 0.1) is 11.3 Å². The second kappa shape index (κ2) is 9.19. The monoisotopic (exact) mass is 385 g/mol. The van der Waals surface area contributed by atoms with Crippen molar-refractivity contribution >= 4 is 21.6 Å². The van der Waals surface area contributed by atoms with Crippen molar-refractivity contribution < 1.29 is 13.2 Å². The molecule has 0 saturated carbocycles. The Morgan fingerprint density at radius 3 is 2.19 bits per heavy atom. The molecule has 142 valence electrons. The molecule has 0 unspecified atom stereocenters. The molecule has 1 amide bonds. The zero-order valence-electron chi connectivity index (χ0n) is 15.5. The van der Waals surface area contributed by atoms with E-state index in [1.165, 1.54) is 36.4 Å². The molecular formula is C20H23N3O3S. The predicted octanol–water partition coefficient (Wildman–Crippen LogP) is 3.62. The molecule has 0 spiro atoms. The van der Waals surface area contributed by atoms with Crippen molar-refractivity contribution in [3.8, 4) is 6.07 Å². The summed E-state index contributed by atoms with van der Waals surface area (Å²) in [4.78, 5) is 14.4. The highest BCUT2D eigenvalue weighted by Crippen LogP contribution is 2.20. The summed E-state index contributed by atoms with van der Waals surface area (Å²) in [6, 6.07) is 14.2. The van der Waals surface area contributed by atoms with Crippen molar-refractivity contribution in [3.05, 3.63) is 59.7 Å². The van der Waals surface area contributed by atoms with Gasteiger partial charge in [-0.3, -0.25) is 9.52 Å². The molecule has 0 radical (unpaired) electrons. The number of para-hydroxylation sites is 1. The molecule has 6 nitrogen and oxygen atoms in total. The van der Waals surface area contributed by atoms with Crippen LogP contribution in [0.5, 0.6) is 0 Å². The quantitative estimate of drug-likeness (QED) is 0.751. The van der Waals surface area contributed by atoms with Crippen LogP contribution in [0.1, 0.15) is 42.6 Å². The van der Waals surface area contributed by atoms with Crippen LogP contribution in [-0.4, -0.2) is 32.3 Å². The van der Waals surface area contributed by atoms with Gasteiger partial charge in [0.2, 0.25) is 0 Å². The van der Waals surface area contributed by atoms with Crippen LogP contribution in [0.2, 0.25) is 0 Å². The summed E-state index contributed by atoms with van der Waals surface area (Å²) >= 11 is 0. The predicted molar refractivity (Wildman–Crippen MR) is 105 cm³/mol. The molecule has 27 heavy (non-hydrogen) atoms. The van der Waals surface area contributed by atoms with Crippen LogP contribution in [0.15, 0.2) is 53.4 Å². The molecular weight excluding hydrogens is 362 g/mol. The lowest BCUT2D eigenvalue weighted by Crippen LogP contribution is -2.32. The van der Waals surface area contributed by atoms with Gasteiger partial charge in [0.15, 0.2) is 0 Å². The van der Waals surface area contributed by atoms with Crippen molar-refractivity contribution in [1.29, 1.82) is 5.26 Å². The molecule has 0 aliphatic rings. The third kappa shape index (κ3) is 5.08. The number of rotatable bonds is 8. The molecule has 0 aromatic heterocycles. The first-order valence-corrected chi connectivity index (χ1v) is 10.3. The van der Waals surface area contributed by atoms with Crippen molar-refractivity contribution in [3.63, 3.8) is 0 Å². The lowest BCUT2D eigenvalue weighted by atomic mass is 10.2. The normalized spacial score (nSPS) is 10.9. The summed E-state index contributed by atoms with van der Waals surface area (Å²) in [7, 11) is -3.86. The number of nitrogens with zero attached hydrogens (tertiary/aromatic N) is 2. The Bertz CT molecular complexity index is 926. The number of amides is 1. The third-order valence-electron chi connectivity index (χ3n) is 3.98. The van der Waals surface area contributed by atoms with E-state index < -0.39 is 10.0 Å². The summed E-state index contributed by atoms with van der Waals surface area (Å²) in [5, 5.41) is 9.10. The molecule has 0 aliphatic heterocycles. The van der Waals surface area contributed by atoms with Crippen LogP contribution in [-0.2, 0) is 10.0 Å². The van der Waals surface area contributed by atoms with Crippen molar-refractivity contribution in [2.45, 2.75) is 31.6 Å². The standard InChI is InChI=1S/C20H23N3O3S/c1-3-13-23(14-4-2)20(24)16-9-11-18(12-10-16)27(25,26)22-19-8-6-5-7-17(19)15-21/h5-12,22H,3-4,13-14H2,1-2H3. The van der Waals surface area contributed by atoms with Gasteiger partial charge in [-0.1, -0.05) is 26.0 Å². The van der Waals surface area contributed by atoms with E-state index in [0.29, 0.717) is 18.7 Å². The smallest absolute Gasteiger partial charge is 0.261 e. The minimum Gasteiger partial charge on any atom is -0.339 e. The average Bonchev–Trinajstić information content (AvgIpc) is 2.67. The molecule has 7 heteroatoms. The lowest BCUT2D eigenvalue weighted by molar-refractivity contribution is 0.0755. The van der Waals surface area contributed by atoms with Crippen molar-refractivity contribution in [1.82, 2.24) is 4.90 Å². The van der Waals surface area contributed by atoms with E-state index in [-0.39, 0.29) is 22.1 Å². The van der Waals surface area contributed by atoms with Crippen molar-refractivity contribution in [2.24, 2.45) is 0 Å². The van der Waals surface area contributed by atoms with Gasteiger partial charge in [-0.05, 0) is 49.2 Å². The molecule has 0 bridgehead atoms. The third-order valence-corrected chi connectivity index (χ3v) is 5.36. The highest BCUT2D eigenvalue weighted by molar-refractivity contribution is 7.92. The largest absolute Gasteiger partial charge is 0.339 e. The SMILES string of the molecule is CCCN(CCC)C(=O)c1ccc(S(=O)(=O)Nc2ccccc2C#N)cc1. The second-order valence-electron chi connectivity index (χ2n) is 6.08. The summed E-state index contributed by atoms with van der Waals surface area (Å²) in [6.45, 7) is 5.35. The van der Waals surface area contributed by atoms with Crippen LogP contribution >= 0.6 is 0 Å². The van der Waals surface area contributed by atoms with Gasteiger partial charge in [0.05, 0.1) is 16.1 Å². The fourth-order valence-corrected chi connectivity index (χ4v) is 3.77. The number of hydrogen-bond acceptors (Lipinski definition) is 4. The van der Waals surface area contributed by atoms with Gasteiger partial charge in [0.25, 0.3) is 15.9 Å². The number of carbonyl (C=O) groups is 1. The van der Waals surface area contributed by atoms with Crippen LogP contribution in [0.3, 0.4) is 0 Å². The first kappa shape index (κ1) is 20.5. The van der Waals surface area contributed by atoms with E-state index in [1.54, 1.807) is 17.0 Å². The minimum atomic E-state index is -3.86. The minimum absolute atomic E-state index is 0.0318. The Morgan fingerprint density at radius 2 is 1.63 bits per heavy atom. The first-order valence-electron chi connectivity index (χ1n) is 8.84. The summed E-state index contributed by atoms with van der Waals surface area (Å²) in [6.07, 6.45) is 1.72. The molecule has 0 fully saturated rings. The number of carbonyl (C=O) groups excluding carboxylic acids is 1. The maximum absolute atomic E-state index is 12.6. The number of nitrogens with one attached hydrogen (secondary N) is 1. The fourth-order valence-electron chi connectivity index (χ4n) is 2.69. The van der Waals surface area contributed by atoms with E-state index in [0.717, 1.165) is 12.8 Å². The number of sulfonamides is 1. The molecule has 0 atom stereocenters. The fraction of sp³-hybridized carbons (Fsp3) is 0.300. The summed E-state index contributed by atoms with van der Waals surface area (Å²) in [5.41, 5.74) is 0.910.